The van der Waals surface area contributed by atoms with Crippen LogP contribution in [0.15, 0.2) is 63.7 Å². The number of aromatic amines is 1. The third kappa shape index (κ3) is 3.75. The Morgan fingerprint density at radius 2 is 1.93 bits per heavy atom. The summed E-state index contributed by atoms with van der Waals surface area (Å²) in [4.78, 5) is 25.9. The molecule has 29 heavy (non-hydrogen) atoms. The maximum Gasteiger partial charge on any atom is 0.260 e. The normalized spacial score (nSPS) is 13.3. The van der Waals surface area contributed by atoms with Gasteiger partial charge in [-0.15, -0.1) is 11.3 Å². The van der Waals surface area contributed by atoms with Crippen molar-refractivity contribution in [3.8, 4) is 11.1 Å². The van der Waals surface area contributed by atoms with Crippen molar-refractivity contribution >= 4 is 66.7 Å². The molecular weight excluding hydrogens is 442 g/mol. The number of thioether (sulfide) groups is 2. The largest absolute Gasteiger partial charge is 0.309 e. The average molecular weight is 456 g/mol. The van der Waals surface area contributed by atoms with Gasteiger partial charge in [-0.3, -0.25) is 4.79 Å². The molecule has 144 valence electrons. The predicted octanol–water partition coefficient (Wildman–Crippen LogP) is 6.47. The molecule has 2 aromatic carbocycles. The molecule has 1 aliphatic heterocycles. The summed E-state index contributed by atoms with van der Waals surface area (Å²) in [5.74, 6) is 2.14. The van der Waals surface area contributed by atoms with Gasteiger partial charge in [0.15, 0.2) is 0 Å². The fourth-order valence-corrected chi connectivity index (χ4v) is 6.28. The van der Waals surface area contributed by atoms with Crippen LogP contribution in [0.25, 0.3) is 21.3 Å². The fourth-order valence-electron chi connectivity index (χ4n) is 3.16. The van der Waals surface area contributed by atoms with Crippen LogP contribution in [-0.2, 0) is 11.5 Å². The van der Waals surface area contributed by atoms with Crippen LogP contribution in [0, 0.1) is 0 Å². The van der Waals surface area contributed by atoms with Crippen LogP contribution in [-0.4, -0.2) is 14.3 Å². The van der Waals surface area contributed by atoms with Crippen molar-refractivity contribution in [3.05, 3.63) is 80.7 Å². The van der Waals surface area contributed by atoms with E-state index in [2.05, 4.69) is 16.0 Å². The molecule has 2 aromatic heterocycles. The Morgan fingerprint density at radius 1 is 1.10 bits per heavy atom. The minimum absolute atomic E-state index is 0.134. The van der Waals surface area contributed by atoms with Crippen LogP contribution in [0.5, 0.6) is 0 Å². The third-order valence-electron chi connectivity index (χ3n) is 4.54. The van der Waals surface area contributed by atoms with Crippen molar-refractivity contribution in [2.75, 3.05) is 0 Å². The number of aromatic nitrogens is 2. The predicted molar refractivity (Wildman–Crippen MR) is 127 cm³/mol. The monoisotopic (exact) mass is 455 g/mol. The number of H-pyrrole nitrogens is 1. The van der Waals surface area contributed by atoms with Crippen LogP contribution in [0.2, 0.25) is 5.02 Å². The molecule has 0 saturated heterocycles. The standard InChI is InChI=1S/C21H14ClN3OS3/c22-15-7-3-2-6-13(15)14-10-27-20-18(14)19(26)24-17(25-20)11-29-21-23-16-8-4-1-5-12(16)9-28-21/h1-8,10H,9,11H2,(H,24,25,26). The number of rotatable bonds is 3. The van der Waals surface area contributed by atoms with Gasteiger partial charge in [-0.25, -0.2) is 9.98 Å². The molecule has 0 atom stereocenters. The molecule has 1 N–H and O–H groups in total. The summed E-state index contributed by atoms with van der Waals surface area (Å²) in [5.41, 5.74) is 3.81. The summed E-state index contributed by atoms with van der Waals surface area (Å²) >= 11 is 11.1. The minimum atomic E-state index is -0.134. The van der Waals surface area contributed by atoms with Gasteiger partial charge >= 0.3 is 0 Å². The van der Waals surface area contributed by atoms with Crippen LogP contribution in [0.4, 0.5) is 5.69 Å². The molecule has 0 spiro atoms. The Labute approximate surface area is 184 Å². The molecule has 0 aliphatic carbocycles. The second-order valence-electron chi connectivity index (χ2n) is 6.41. The van der Waals surface area contributed by atoms with Crippen molar-refractivity contribution in [2.45, 2.75) is 11.5 Å². The Kier molecular flexibility index (Phi) is 5.22. The van der Waals surface area contributed by atoms with Crippen molar-refractivity contribution in [3.63, 3.8) is 0 Å². The van der Waals surface area contributed by atoms with Crippen LogP contribution in [0.3, 0.4) is 0 Å². The van der Waals surface area contributed by atoms with E-state index in [1.54, 1.807) is 23.5 Å². The zero-order valence-corrected chi connectivity index (χ0v) is 18.2. The van der Waals surface area contributed by atoms with Gasteiger partial charge in [0.25, 0.3) is 5.56 Å². The van der Waals surface area contributed by atoms with Crippen LogP contribution in [0.1, 0.15) is 11.4 Å². The van der Waals surface area contributed by atoms with E-state index in [-0.39, 0.29) is 5.56 Å². The van der Waals surface area contributed by atoms with E-state index >= 15 is 0 Å². The van der Waals surface area contributed by atoms with Crippen LogP contribution >= 0.6 is 46.5 Å². The quantitative estimate of drug-likeness (QED) is 0.384. The summed E-state index contributed by atoms with van der Waals surface area (Å²) in [6.45, 7) is 0. The first-order valence-corrected chi connectivity index (χ1v) is 12.1. The number of hydrogen-bond acceptors (Lipinski definition) is 6. The van der Waals surface area contributed by atoms with Gasteiger partial charge in [-0.05, 0) is 17.7 Å². The lowest BCUT2D eigenvalue weighted by Crippen LogP contribution is -2.11. The number of thiophene rings is 1. The van der Waals surface area contributed by atoms with E-state index in [1.165, 1.54) is 16.9 Å². The first kappa shape index (κ1) is 18.9. The highest BCUT2D eigenvalue weighted by Gasteiger charge is 2.16. The molecule has 1 aliphatic rings. The van der Waals surface area contributed by atoms with E-state index in [1.807, 2.05) is 47.8 Å². The molecule has 0 unspecified atom stereocenters. The zero-order chi connectivity index (χ0) is 19.8. The summed E-state index contributed by atoms with van der Waals surface area (Å²) in [5, 5.41) is 3.16. The van der Waals surface area contributed by atoms with E-state index in [4.69, 9.17) is 16.6 Å². The Bertz CT molecular complexity index is 1310. The highest BCUT2D eigenvalue weighted by molar-refractivity contribution is 8.38. The summed E-state index contributed by atoms with van der Waals surface area (Å²) in [6.07, 6.45) is 0. The number of para-hydroxylation sites is 1. The van der Waals surface area contributed by atoms with Gasteiger partial charge in [-0.1, -0.05) is 71.5 Å². The Balaban J connectivity index is 1.42. The second kappa shape index (κ2) is 7.99. The van der Waals surface area contributed by atoms with E-state index < -0.39 is 0 Å². The second-order valence-corrected chi connectivity index (χ2v) is 9.86. The Hall–Kier alpha value is -2.06. The SMILES string of the molecule is O=c1[nH]c(CSC2=Nc3ccccc3CS2)nc2scc(-c3ccccc3Cl)c12. The van der Waals surface area contributed by atoms with E-state index in [9.17, 15) is 4.79 Å². The maximum atomic E-state index is 12.8. The summed E-state index contributed by atoms with van der Waals surface area (Å²) < 4.78 is 0.995. The lowest BCUT2D eigenvalue weighted by atomic mass is 10.1. The molecule has 4 nitrogen and oxygen atoms in total. The highest BCUT2D eigenvalue weighted by atomic mass is 35.5. The van der Waals surface area contributed by atoms with Gasteiger partial charge in [0.05, 0.1) is 16.8 Å². The molecule has 5 rings (SSSR count). The molecule has 0 fully saturated rings. The molecular formula is C21H14ClN3OS3. The number of aliphatic imine (C=N–C) groups is 1. The van der Waals surface area contributed by atoms with Crippen molar-refractivity contribution in [1.82, 2.24) is 9.97 Å². The third-order valence-corrected chi connectivity index (χ3v) is 8.00. The number of benzene rings is 2. The smallest absolute Gasteiger partial charge is 0.260 e. The van der Waals surface area contributed by atoms with Crippen LogP contribution < -0.4 is 5.56 Å². The topological polar surface area (TPSA) is 58.1 Å². The van der Waals surface area contributed by atoms with Gasteiger partial charge in [0.1, 0.15) is 15.0 Å². The first-order valence-electron chi connectivity index (χ1n) is 8.86. The molecule has 4 aromatic rings. The summed E-state index contributed by atoms with van der Waals surface area (Å²) in [6, 6.07) is 15.7. The number of nitrogens with zero attached hydrogens (tertiary/aromatic N) is 2. The molecule has 0 amide bonds. The Morgan fingerprint density at radius 3 is 2.83 bits per heavy atom. The highest BCUT2D eigenvalue weighted by Crippen LogP contribution is 2.37. The van der Waals surface area contributed by atoms with Crippen molar-refractivity contribution < 1.29 is 0 Å². The molecule has 8 heteroatoms. The van der Waals surface area contributed by atoms with E-state index in [0.717, 1.165) is 31.8 Å². The fraction of sp³-hybridized carbons (Fsp3) is 0.0952. The van der Waals surface area contributed by atoms with Gasteiger partial charge in [-0.2, -0.15) is 0 Å². The number of fused-ring (bicyclic) bond motifs is 2. The van der Waals surface area contributed by atoms with Gasteiger partial charge in [0, 0.05) is 27.3 Å². The lowest BCUT2D eigenvalue weighted by molar-refractivity contribution is 1.05. The summed E-state index contributed by atoms with van der Waals surface area (Å²) in [7, 11) is 0. The molecule has 0 bridgehead atoms. The maximum absolute atomic E-state index is 12.8. The van der Waals surface area contributed by atoms with Crippen molar-refractivity contribution in [1.29, 1.82) is 0 Å². The van der Waals surface area contributed by atoms with E-state index in [0.29, 0.717) is 22.0 Å². The number of nitrogens with one attached hydrogen (secondary N) is 1. The molecule has 0 saturated carbocycles. The first-order chi connectivity index (χ1) is 14.2. The number of halogens is 1. The number of hydrogen-bond donors (Lipinski definition) is 1. The van der Waals surface area contributed by atoms with Gasteiger partial charge < -0.3 is 4.98 Å². The minimum Gasteiger partial charge on any atom is -0.309 e. The molecule has 0 radical (unpaired) electrons. The van der Waals surface area contributed by atoms with Gasteiger partial charge in [0.2, 0.25) is 0 Å². The zero-order valence-electron chi connectivity index (χ0n) is 15.0. The lowest BCUT2D eigenvalue weighted by Gasteiger charge is -2.13. The molecule has 3 heterocycles. The average Bonchev–Trinajstić information content (AvgIpc) is 3.17. The van der Waals surface area contributed by atoms with Crippen molar-refractivity contribution in [2.24, 2.45) is 4.99 Å².